The number of rotatable bonds is 6. The van der Waals surface area contributed by atoms with Gasteiger partial charge in [0.2, 0.25) is 5.91 Å². The van der Waals surface area contributed by atoms with E-state index in [0.717, 1.165) is 6.42 Å². The maximum Gasteiger partial charge on any atom is 0.225 e. The van der Waals surface area contributed by atoms with Crippen molar-refractivity contribution in [2.75, 3.05) is 6.54 Å². The molecule has 1 amide bonds. The number of hydrogen-bond acceptors (Lipinski definition) is 2. The number of carbonyl (C=O) groups is 1. The number of carbonyl (C=O) groups excluding carboxylic acids is 1. The zero-order valence-electron chi connectivity index (χ0n) is 12.2. The minimum absolute atomic E-state index is 0.0841. The molecule has 3 N–H and O–H groups in total. The molecule has 0 saturated carbocycles. The molecule has 0 radical (unpaired) electrons. The SMILES string of the molecule is CC(C)CC(C)(CN)NC(=O)Cc1c(F)cccc1Cl. The fourth-order valence-electron chi connectivity index (χ4n) is 2.33. The van der Waals surface area contributed by atoms with E-state index in [1.165, 1.54) is 12.1 Å². The molecule has 1 atom stereocenters. The molecule has 5 heteroatoms. The minimum Gasteiger partial charge on any atom is -0.349 e. The first-order valence-corrected chi connectivity index (χ1v) is 7.09. The van der Waals surface area contributed by atoms with Gasteiger partial charge in [-0.15, -0.1) is 0 Å². The van der Waals surface area contributed by atoms with E-state index in [4.69, 9.17) is 17.3 Å². The Balaban J connectivity index is 2.76. The van der Waals surface area contributed by atoms with Crippen LogP contribution < -0.4 is 11.1 Å². The number of halogens is 2. The van der Waals surface area contributed by atoms with Crippen LogP contribution in [-0.4, -0.2) is 18.0 Å². The normalized spacial score (nSPS) is 14.2. The first kappa shape index (κ1) is 16.9. The van der Waals surface area contributed by atoms with Crippen LogP contribution in [-0.2, 0) is 11.2 Å². The van der Waals surface area contributed by atoms with Gasteiger partial charge in [-0.05, 0) is 31.4 Å². The molecule has 0 aromatic heterocycles. The highest BCUT2D eigenvalue weighted by Gasteiger charge is 2.26. The fourth-order valence-corrected chi connectivity index (χ4v) is 2.56. The van der Waals surface area contributed by atoms with E-state index in [1.54, 1.807) is 6.07 Å². The van der Waals surface area contributed by atoms with Gasteiger partial charge in [-0.2, -0.15) is 0 Å². The molecule has 1 aromatic carbocycles. The Bertz CT molecular complexity index is 459. The van der Waals surface area contributed by atoms with Gasteiger partial charge in [-0.1, -0.05) is 31.5 Å². The highest BCUT2D eigenvalue weighted by molar-refractivity contribution is 6.31. The summed E-state index contributed by atoms with van der Waals surface area (Å²) in [5, 5.41) is 3.15. The summed E-state index contributed by atoms with van der Waals surface area (Å²) in [7, 11) is 0. The lowest BCUT2D eigenvalue weighted by atomic mass is 9.90. The predicted octanol–water partition coefficient (Wildman–Crippen LogP) is 2.90. The summed E-state index contributed by atoms with van der Waals surface area (Å²) in [5.74, 6) is -0.336. The van der Waals surface area contributed by atoms with E-state index in [0.29, 0.717) is 12.5 Å². The standard InChI is InChI=1S/C15H22ClFN2O/c1-10(2)8-15(3,9-18)19-14(20)7-11-12(16)5-4-6-13(11)17/h4-6,10H,7-9,18H2,1-3H3,(H,19,20). The first-order chi connectivity index (χ1) is 9.27. The largest absolute Gasteiger partial charge is 0.349 e. The number of benzene rings is 1. The molecule has 112 valence electrons. The van der Waals surface area contributed by atoms with Crippen molar-refractivity contribution in [3.8, 4) is 0 Å². The van der Waals surface area contributed by atoms with Gasteiger partial charge in [0.25, 0.3) is 0 Å². The average molecular weight is 301 g/mol. The molecular formula is C15H22ClFN2O. The molecular weight excluding hydrogens is 279 g/mol. The third-order valence-corrected chi connectivity index (χ3v) is 3.50. The zero-order chi connectivity index (χ0) is 15.3. The van der Waals surface area contributed by atoms with Crippen LogP contribution in [0.15, 0.2) is 18.2 Å². The van der Waals surface area contributed by atoms with E-state index in [-0.39, 0.29) is 22.9 Å². The van der Waals surface area contributed by atoms with Crippen molar-refractivity contribution in [1.82, 2.24) is 5.32 Å². The quantitative estimate of drug-likeness (QED) is 0.849. The molecule has 0 bridgehead atoms. The van der Waals surface area contributed by atoms with Crippen molar-refractivity contribution in [1.29, 1.82) is 0 Å². The van der Waals surface area contributed by atoms with Crippen LogP contribution in [0, 0.1) is 11.7 Å². The third kappa shape index (κ3) is 4.76. The third-order valence-electron chi connectivity index (χ3n) is 3.15. The van der Waals surface area contributed by atoms with Gasteiger partial charge in [0.05, 0.1) is 6.42 Å². The van der Waals surface area contributed by atoms with Crippen LogP contribution in [0.3, 0.4) is 0 Å². The van der Waals surface area contributed by atoms with E-state index in [9.17, 15) is 9.18 Å². The van der Waals surface area contributed by atoms with Gasteiger partial charge in [0.1, 0.15) is 5.82 Å². The zero-order valence-corrected chi connectivity index (χ0v) is 12.9. The molecule has 0 aliphatic rings. The molecule has 0 spiro atoms. The smallest absolute Gasteiger partial charge is 0.225 e. The maximum atomic E-state index is 13.6. The maximum absolute atomic E-state index is 13.6. The second-order valence-electron chi connectivity index (χ2n) is 5.79. The number of nitrogens with two attached hydrogens (primary N) is 1. The average Bonchev–Trinajstić information content (AvgIpc) is 2.33. The monoisotopic (exact) mass is 300 g/mol. The van der Waals surface area contributed by atoms with Crippen LogP contribution in [0.1, 0.15) is 32.8 Å². The van der Waals surface area contributed by atoms with Crippen molar-refractivity contribution in [2.24, 2.45) is 11.7 Å². The molecule has 0 aliphatic carbocycles. The molecule has 0 saturated heterocycles. The first-order valence-electron chi connectivity index (χ1n) is 6.71. The summed E-state index contributed by atoms with van der Waals surface area (Å²) in [4.78, 5) is 12.1. The summed E-state index contributed by atoms with van der Waals surface area (Å²) < 4.78 is 13.6. The van der Waals surface area contributed by atoms with E-state index >= 15 is 0 Å². The highest BCUT2D eigenvalue weighted by atomic mass is 35.5. The van der Waals surface area contributed by atoms with Crippen LogP contribution in [0.25, 0.3) is 0 Å². The van der Waals surface area contributed by atoms with Crippen molar-refractivity contribution in [3.05, 3.63) is 34.6 Å². The predicted molar refractivity (Wildman–Crippen MR) is 80.2 cm³/mol. The van der Waals surface area contributed by atoms with Crippen molar-refractivity contribution >= 4 is 17.5 Å². The molecule has 0 fully saturated rings. The molecule has 3 nitrogen and oxygen atoms in total. The number of hydrogen-bond donors (Lipinski definition) is 2. The van der Waals surface area contributed by atoms with Crippen molar-refractivity contribution in [2.45, 2.75) is 39.2 Å². The molecule has 1 unspecified atom stereocenters. The molecule has 1 rings (SSSR count). The number of nitrogens with one attached hydrogen (secondary N) is 1. The number of amides is 1. The summed E-state index contributed by atoms with van der Waals surface area (Å²) >= 11 is 5.92. The van der Waals surface area contributed by atoms with E-state index < -0.39 is 11.4 Å². The highest BCUT2D eigenvalue weighted by Crippen LogP contribution is 2.20. The lowest BCUT2D eigenvalue weighted by Gasteiger charge is -2.31. The lowest BCUT2D eigenvalue weighted by molar-refractivity contribution is -0.122. The van der Waals surface area contributed by atoms with Gasteiger partial charge in [-0.3, -0.25) is 4.79 Å². The Hall–Kier alpha value is -1.13. The second kappa shape index (κ2) is 7.04. The van der Waals surface area contributed by atoms with Crippen LogP contribution in [0.4, 0.5) is 4.39 Å². The summed E-state index contributed by atoms with van der Waals surface area (Å²) in [6, 6.07) is 4.38. The second-order valence-corrected chi connectivity index (χ2v) is 6.20. The van der Waals surface area contributed by atoms with Gasteiger partial charge in [0, 0.05) is 22.7 Å². The Morgan fingerprint density at radius 2 is 2.15 bits per heavy atom. The Morgan fingerprint density at radius 3 is 2.65 bits per heavy atom. The van der Waals surface area contributed by atoms with E-state index in [1.807, 2.05) is 6.92 Å². The summed E-state index contributed by atoms with van der Waals surface area (Å²) in [6.45, 7) is 6.36. The Morgan fingerprint density at radius 1 is 1.50 bits per heavy atom. The summed E-state index contributed by atoms with van der Waals surface area (Å²) in [6.07, 6.45) is 0.680. The van der Waals surface area contributed by atoms with Crippen LogP contribution in [0.5, 0.6) is 0 Å². The van der Waals surface area contributed by atoms with Crippen LogP contribution >= 0.6 is 11.6 Å². The van der Waals surface area contributed by atoms with Crippen molar-refractivity contribution < 1.29 is 9.18 Å². The lowest BCUT2D eigenvalue weighted by Crippen LogP contribution is -2.52. The minimum atomic E-state index is -0.483. The van der Waals surface area contributed by atoms with Gasteiger partial charge in [-0.25, -0.2) is 4.39 Å². The Kier molecular flexibility index (Phi) is 5.96. The van der Waals surface area contributed by atoms with Crippen molar-refractivity contribution in [3.63, 3.8) is 0 Å². The van der Waals surface area contributed by atoms with Gasteiger partial charge < -0.3 is 11.1 Å². The molecule has 0 aliphatic heterocycles. The Labute approximate surface area is 124 Å². The molecule has 0 heterocycles. The molecule has 1 aromatic rings. The van der Waals surface area contributed by atoms with Gasteiger partial charge >= 0.3 is 0 Å². The topological polar surface area (TPSA) is 55.1 Å². The summed E-state index contributed by atoms with van der Waals surface area (Å²) in [5.41, 5.74) is 5.48. The van der Waals surface area contributed by atoms with Crippen LogP contribution in [0.2, 0.25) is 5.02 Å². The van der Waals surface area contributed by atoms with E-state index in [2.05, 4.69) is 19.2 Å². The fraction of sp³-hybridized carbons (Fsp3) is 0.533. The molecule has 20 heavy (non-hydrogen) atoms. The van der Waals surface area contributed by atoms with Gasteiger partial charge in [0.15, 0.2) is 0 Å².